The van der Waals surface area contributed by atoms with Crippen LogP contribution in [0.4, 0.5) is 5.69 Å². The van der Waals surface area contributed by atoms with Crippen LogP contribution in [0.5, 0.6) is 0 Å². The van der Waals surface area contributed by atoms with Crippen molar-refractivity contribution in [3.63, 3.8) is 0 Å². The van der Waals surface area contributed by atoms with E-state index in [0.29, 0.717) is 17.7 Å². The fraction of sp³-hybridized carbons (Fsp3) is 0.200. The van der Waals surface area contributed by atoms with E-state index < -0.39 is 0 Å². The molecule has 0 spiro atoms. The average Bonchev–Trinajstić information content (AvgIpc) is 2.74. The van der Waals surface area contributed by atoms with Crippen molar-refractivity contribution in [2.24, 2.45) is 0 Å². The summed E-state index contributed by atoms with van der Waals surface area (Å²) in [6, 6.07) is 8.91. The van der Waals surface area contributed by atoms with Gasteiger partial charge in [-0.05, 0) is 35.9 Å². The number of carbonyl (C=O) groups is 2. The molecule has 0 aliphatic carbocycles. The molecule has 5 nitrogen and oxygen atoms in total. The van der Waals surface area contributed by atoms with Crippen molar-refractivity contribution >= 4 is 17.4 Å². The summed E-state index contributed by atoms with van der Waals surface area (Å²) in [5.41, 5.74) is 3.04. The minimum atomic E-state index is -0.0182. The standard InChI is InChI=1S/C15H13N3O2/c1-18-13-5-4-10(7-11(13)8-15(18)20)14(19)9-12-3-2-6-16-17-12/h2-7H,8-9H2,1H3. The second-order valence-corrected chi connectivity index (χ2v) is 4.79. The maximum absolute atomic E-state index is 12.2. The molecule has 2 heterocycles. The number of benzene rings is 1. The van der Waals surface area contributed by atoms with Crippen LogP contribution in [0, 0.1) is 0 Å². The van der Waals surface area contributed by atoms with Crippen LogP contribution in [0.25, 0.3) is 0 Å². The normalized spacial score (nSPS) is 13.4. The van der Waals surface area contributed by atoms with Crippen LogP contribution < -0.4 is 4.90 Å². The van der Waals surface area contributed by atoms with Crippen molar-refractivity contribution in [1.29, 1.82) is 0 Å². The molecule has 2 aromatic rings. The van der Waals surface area contributed by atoms with Gasteiger partial charge in [0.2, 0.25) is 5.91 Å². The monoisotopic (exact) mass is 267 g/mol. The molecule has 1 aromatic carbocycles. The van der Waals surface area contributed by atoms with Crippen LogP contribution in [-0.2, 0) is 17.6 Å². The van der Waals surface area contributed by atoms with E-state index in [0.717, 1.165) is 11.3 Å². The van der Waals surface area contributed by atoms with Crippen LogP contribution >= 0.6 is 0 Å². The Morgan fingerprint density at radius 1 is 1.35 bits per heavy atom. The first-order valence-electron chi connectivity index (χ1n) is 6.34. The van der Waals surface area contributed by atoms with Gasteiger partial charge in [-0.2, -0.15) is 10.2 Å². The van der Waals surface area contributed by atoms with Gasteiger partial charge in [-0.3, -0.25) is 9.59 Å². The molecule has 1 aliphatic heterocycles. The molecule has 0 unspecified atom stereocenters. The Hall–Kier alpha value is -2.56. The summed E-state index contributed by atoms with van der Waals surface area (Å²) in [4.78, 5) is 25.5. The Balaban J connectivity index is 1.84. The van der Waals surface area contributed by atoms with E-state index in [2.05, 4.69) is 10.2 Å². The van der Waals surface area contributed by atoms with Crippen LogP contribution in [0.3, 0.4) is 0 Å². The number of fused-ring (bicyclic) bond motifs is 1. The molecule has 100 valence electrons. The molecule has 0 atom stereocenters. The number of rotatable bonds is 3. The molecular weight excluding hydrogens is 254 g/mol. The van der Waals surface area contributed by atoms with E-state index in [4.69, 9.17) is 0 Å². The maximum Gasteiger partial charge on any atom is 0.231 e. The number of hydrogen-bond acceptors (Lipinski definition) is 4. The van der Waals surface area contributed by atoms with E-state index >= 15 is 0 Å². The largest absolute Gasteiger partial charge is 0.315 e. The molecule has 1 aliphatic rings. The predicted molar refractivity (Wildman–Crippen MR) is 73.6 cm³/mol. The number of carbonyl (C=O) groups excluding carboxylic acids is 2. The molecule has 0 fully saturated rings. The lowest BCUT2D eigenvalue weighted by molar-refractivity contribution is -0.117. The zero-order chi connectivity index (χ0) is 14.1. The van der Waals surface area contributed by atoms with Crippen molar-refractivity contribution in [2.75, 3.05) is 11.9 Å². The molecule has 3 rings (SSSR count). The van der Waals surface area contributed by atoms with Gasteiger partial charge in [0.15, 0.2) is 5.78 Å². The van der Waals surface area contributed by atoms with Crippen LogP contribution in [-0.4, -0.2) is 28.9 Å². The number of hydrogen-bond donors (Lipinski definition) is 0. The molecule has 1 aromatic heterocycles. The third kappa shape index (κ3) is 2.18. The van der Waals surface area contributed by atoms with Gasteiger partial charge >= 0.3 is 0 Å². The van der Waals surface area contributed by atoms with Crippen molar-refractivity contribution in [1.82, 2.24) is 10.2 Å². The number of likely N-dealkylation sites (N-methyl/N-ethyl adjacent to an activating group) is 1. The van der Waals surface area contributed by atoms with Crippen LogP contribution in [0.2, 0.25) is 0 Å². The van der Waals surface area contributed by atoms with Gasteiger partial charge < -0.3 is 4.90 Å². The number of nitrogens with zero attached hydrogens (tertiary/aromatic N) is 3. The van der Waals surface area contributed by atoms with E-state index in [1.54, 1.807) is 42.4 Å². The lowest BCUT2D eigenvalue weighted by Crippen LogP contribution is -2.20. The second kappa shape index (κ2) is 4.85. The van der Waals surface area contributed by atoms with E-state index in [1.165, 1.54) is 0 Å². The summed E-state index contributed by atoms with van der Waals surface area (Å²) < 4.78 is 0. The number of Topliss-reactive ketones (excluding diaryl/α,β-unsaturated/α-hetero) is 1. The molecular formula is C15H13N3O2. The lowest BCUT2D eigenvalue weighted by atomic mass is 10.0. The molecule has 0 bridgehead atoms. The third-order valence-electron chi connectivity index (χ3n) is 3.45. The summed E-state index contributed by atoms with van der Waals surface area (Å²) >= 11 is 0. The van der Waals surface area contributed by atoms with E-state index in [-0.39, 0.29) is 18.1 Å². The highest BCUT2D eigenvalue weighted by atomic mass is 16.2. The quantitative estimate of drug-likeness (QED) is 0.789. The zero-order valence-corrected chi connectivity index (χ0v) is 11.0. The average molecular weight is 267 g/mol. The molecule has 0 saturated carbocycles. The Kier molecular flexibility index (Phi) is 3.02. The molecule has 1 amide bonds. The van der Waals surface area contributed by atoms with Gasteiger partial charge in [-0.25, -0.2) is 0 Å². The number of anilines is 1. The van der Waals surface area contributed by atoms with Gasteiger partial charge in [-0.15, -0.1) is 0 Å². The van der Waals surface area contributed by atoms with E-state index in [9.17, 15) is 9.59 Å². The summed E-state index contributed by atoms with van der Waals surface area (Å²) in [6.07, 6.45) is 2.15. The van der Waals surface area contributed by atoms with Gasteiger partial charge in [-0.1, -0.05) is 0 Å². The number of ketones is 1. The Labute approximate surface area is 116 Å². The lowest BCUT2D eigenvalue weighted by Gasteiger charge is -2.10. The van der Waals surface area contributed by atoms with Gasteiger partial charge in [0.05, 0.1) is 18.5 Å². The minimum absolute atomic E-state index is 0.0182. The van der Waals surface area contributed by atoms with Crippen molar-refractivity contribution in [2.45, 2.75) is 12.8 Å². The summed E-state index contributed by atoms with van der Waals surface area (Å²) in [7, 11) is 1.75. The van der Waals surface area contributed by atoms with Crippen molar-refractivity contribution in [3.8, 4) is 0 Å². The topological polar surface area (TPSA) is 63.2 Å². The summed E-state index contributed by atoms with van der Waals surface area (Å²) in [5, 5.41) is 7.66. The first-order chi connectivity index (χ1) is 9.65. The smallest absolute Gasteiger partial charge is 0.231 e. The first-order valence-corrected chi connectivity index (χ1v) is 6.34. The van der Waals surface area contributed by atoms with Crippen molar-refractivity contribution < 1.29 is 9.59 Å². The Morgan fingerprint density at radius 3 is 2.95 bits per heavy atom. The fourth-order valence-electron chi connectivity index (χ4n) is 2.34. The van der Waals surface area contributed by atoms with Crippen molar-refractivity contribution in [3.05, 3.63) is 53.3 Å². The van der Waals surface area contributed by atoms with Gasteiger partial charge in [0.1, 0.15) is 0 Å². The summed E-state index contributed by atoms with van der Waals surface area (Å²) in [6.45, 7) is 0. The maximum atomic E-state index is 12.2. The Morgan fingerprint density at radius 2 is 2.20 bits per heavy atom. The van der Waals surface area contributed by atoms with Gasteiger partial charge in [0, 0.05) is 24.5 Å². The highest BCUT2D eigenvalue weighted by Gasteiger charge is 2.24. The third-order valence-corrected chi connectivity index (χ3v) is 3.45. The Bertz CT molecular complexity index is 683. The fourth-order valence-corrected chi connectivity index (χ4v) is 2.34. The van der Waals surface area contributed by atoms with Crippen LogP contribution in [0.15, 0.2) is 36.5 Å². The number of aromatic nitrogens is 2. The first kappa shape index (κ1) is 12.5. The molecule has 0 N–H and O–H groups in total. The summed E-state index contributed by atoms with van der Waals surface area (Å²) in [5.74, 6) is 0.0360. The molecule has 0 radical (unpaired) electrons. The highest BCUT2D eigenvalue weighted by Crippen LogP contribution is 2.28. The van der Waals surface area contributed by atoms with Gasteiger partial charge in [0.25, 0.3) is 0 Å². The SMILES string of the molecule is CN1C(=O)Cc2cc(C(=O)Cc3cccnn3)ccc21. The molecule has 5 heteroatoms. The highest BCUT2D eigenvalue weighted by molar-refractivity contribution is 6.03. The zero-order valence-electron chi connectivity index (χ0n) is 11.0. The minimum Gasteiger partial charge on any atom is -0.315 e. The molecule has 0 saturated heterocycles. The second-order valence-electron chi connectivity index (χ2n) is 4.79. The number of amides is 1. The predicted octanol–water partition coefficient (Wildman–Crippen LogP) is 1.42. The molecule has 20 heavy (non-hydrogen) atoms. The van der Waals surface area contributed by atoms with E-state index in [1.807, 2.05) is 6.07 Å². The van der Waals surface area contributed by atoms with Crippen LogP contribution in [0.1, 0.15) is 21.6 Å².